The Morgan fingerprint density at radius 1 is 1.23 bits per heavy atom. The summed E-state index contributed by atoms with van der Waals surface area (Å²) in [7, 11) is 0. The topological polar surface area (TPSA) is 100 Å². The third-order valence-electron chi connectivity index (χ3n) is 6.10. The van der Waals surface area contributed by atoms with Gasteiger partial charge in [-0.15, -0.1) is 11.3 Å². The molecule has 1 unspecified atom stereocenters. The largest absolute Gasteiger partial charge is 0.480 e. The molecule has 35 heavy (non-hydrogen) atoms. The fourth-order valence-corrected chi connectivity index (χ4v) is 6.08. The number of unbranched alkanes of at least 4 members (excludes halogenated alkanes) is 4. The van der Waals surface area contributed by atoms with E-state index in [1.807, 2.05) is 17.8 Å². The fourth-order valence-electron chi connectivity index (χ4n) is 3.86. The van der Waals surface area contributed by atoms with E-state index in [-0.39, 0.29) is 6.04 Å². The lowest BCUT2D eigenvalue weighted by molar-refractivity contribution is -0.138. The molecule has 194 valence electrons. The van der Waals surface area contributed by atoms with Crippen LogP contribution >= 0.6 is 23.1 Å². The summed E-state index contributed by atoms with van der Waals surface area (Å²) in [5, 5.41) is 15.0. The van der Waals surface area contributed by atoms with Crippen molar-refractivity contribution in [2.24, 2.45) is 0 Å². The SMILES string of the molecule is CCCCCCCC(NCCc1csc(SC(C)(C)C(=O)O)n1)c1ncc(N2CCOCC2)cn1. The molecule has 1 aliphatic rings. The fraction of sp³-hybridized carbons (Fsp3) is 0.680. The van der Waals surface area contributed by atoms with Crippen LogP contribution in [0.25, 0.3) is 0 Å². The molecule has 2 aromatic rings. The Balaban J connectivity index is 1.56. The van der Waals surface area contributed by atoms with Gasteiger partial charge in [0.15, 0.2) is 4.34 Å². The van der Waals surface area contributed by atoms with E-state index in [1.165, 1.54) is 48.8 Å². The summed E-state index contributed by atoms with van der Waals surface area (Å²) in [5.74, 6) is 0.0116. The molecule has 0 aliphatic carbocycles. The van der Waals surface area contributed by atoms with Crippen molar-refractivity contribution in [1.82, 2.24) is 20.3 Å². The van der Waals surface area contributed by atoms with Crippen molar-refractivity contribution in [2.75, 3.05) is 37.7 Å². The number of ether oxygens (including phenoxy) is 1. The van der Waals surface area contributed by atoms with Crippen LogP contribution in [0.2, 0.25) is 0 Å². The van der Waals surface area contributed by atoms with Gasteiger partial charge in [-0.05, 0) is 20.3 Å². The summed E-state index contributed by atoms with van der Waals surface area (Å²) < 4.78 is 5.35. The summed E-state index contributed by atoms with van der Waals surface area (Å²) in [6.45, 7) is 9.65. The minimum atomic E-state index is -0.888. The summed E-state index contributed by atoms with van der Waals surface area (Å²) in [4.78, 5) is 27.8. The van der Waals surface area contributed by atoms with Gasteiger partial charge >= 0.3 is 5.97 Å². The number of nitrogens with one attached hydrogen (secondary N) is 1. The van der Waals surface area contributed by atoms with E-state index in [0.29, 0.717) is 0 Å². The van der Waals surface area contributed by atoms with E-state index in [2.05, 4.69) is 22.1 Å². The van der Waals surface area contributed by atoms with Gasteiger partial charge in [-0.1, -0.05) is 50.8 Å². The molecule has 0 bridgehead atoms. The van der Waals surface area contributed by atoms with E-state index in [1.54, 1.807) is 13.8 Å². The molecule has 1 aliphatic heterocycles. The highest BCUT2D eigenvalue weighted by atomic mass is 32.2. The van der Waals surface area contributed by atoms with Crippen molar-refractivity contribution >= 4 is 34.8 Å². The number of thiazole rings is 1. The van der Waals surface area contributed by atoms with Crippen LogP contribution in [0.4, 0.5) is 5.69 Å². The maximum atomic E-state index is 11.4. The molecule has 10 heteroatoms. The second-order valence-corrected chi connectivity index (χ2v) is 12.1. The van der Waals surface area contributed by atoms with Gasteiger partial charge in [-0.3, -0.25) is 4.79 Å². The van der Waals surface area contributed by atoms with E-state index >= 15 is 0 Å². The zero-order valence-corrected chi connectivity index (χ0v) is 22.8. The van der Waals surface area contributed by atoms with Crippen molar-refractivity contribution in [3.05, 3.63) is 29.3 Å². The zero-order valence-electron chi connectivity index (χ0n) is 21.2. The van der Waals surface area contributed by atoms with Gasteiger partial charge in [-0.25, -0.2) is 15.0 Å². The summed E-state index contributed by atoms with van der Waals surface area (Å²) in [6, 6.07) is 0.105. The van der Waals surface area contributed by atoms with Gasteiger partial charge in [-0.2, -0.15) is 0 Å². The lowest BCUT2D eigenvalue weighted by Gasteiger charge is -2.28. The average molecular weight is 522 g/mol. The van der Waals surface area contributed by atoms with Crippen LogP contribution in [0.5, 0.6) is 0 Å². The predicted molar refractivity (Wildman–Crippen MR) is 143 cm³/mol. The standard InChI is InChI=1S/C25H39N5O3S2/c1-4-5-6-7-8-9-21(22-27-16-20(17-28-22)30-12-14-33-15-13-30)26-11-10-19-18-34-24(29-19)35-25(2,3)23(31)32/h16-18,21,26H,4-15H2,1-3H3,(H,31,32). The molecule has 0 spiro atoms. The monoisotopic (exact) mass is 521 g/mol. The number of anilines is 1. The van der Waals surface area contributed by atoms with Gasteiger partial charge in [0.05, 0.1) is 43.0 Å². The molecule has 0 aromatic carbocycles. The Kier molecular flexibility index (Phi) is 11.2. The maximum Gasteiger partial charge on any atom is 0.319 e. The number of carboxylic acid groups (broad SMARTS) is 1. The Labute approximate surface area is 217 Å². The number of thioether (sulfide) groups is 1. The molecule has 1 atom stereocenters. The molecule has 0 amide bonds. The van der Waals surface area contributed by atoms with Gasteiger partial charge in [0.2, 0.25) is 0 Å². The lowest BCUT2D eigenvalue weighted by Crippen LogP contribution is -2.36. The summed E-state index contributed by atoms with van der Waals surface area (Å²) in [6.07, 6.45) is 11.8. The molecule has 8 nitrogen and oxygen atoms in total. The van der Waals surface area contributed by atoms with Crippen molar-refractivity contribution in [2.45, 2.75) is 80.8 Å². The van der Waals surface area contributed by atoms with E-state index in [0.717, 1.165) is 73.7 Å². The van der Waals surface area contributed by atoms with Crippen LogP contribution < -0.4 is 10.2 Å². The molecule has 1 saturated heterocycles. The van der Waals surface area contributed by atoms with Crippen LogP contribution in [0.15, 0.2) is 22.1 Å². The Hall–Kier alpha value is -1.75. The first kappa shape index (κ1) is 27.8. The number of carbonyl (C=O) groups is 1. The number of aromatic nitrogens is 3. The molecule has 1 fully saturated rings. The van der Waals surface area contributed by atoms with Crippen molar-refractivity contribution in [3.8, 4) is 0 Å². The average Bonchev–Trinajstić information content (AvgIpc) is 3.29. The zero-order chi connectivity index (χ0) is 25.1. The molecule has 0 radical (unpaired) electrons. The Morgan fingerprint density at radius 3 is 2.63 bits per heavy atom. The van der Waals surface area contributed by atoms with Crippen LogP contribution in [0.3, 0.4) is 0 Å². The highest BCUT2D eigenvalue weighted by molar-refractivity contribution is 8.02. The number of carboxylic acids is 1. The van der Waals surface area contributed by atoms with E-state index in [4.69, 9.17) is 14.7 Å². The quantitative estimate of drug-likeness (QED) is 0.249. The third-order valence-corrected chi connectivity index (χ3v) is 8.27. The molecule has 2 N–H and O–H groups in total. The van der Waals surface area contributed by atoms with Gasteiger partial charge in [0, 0.05) is 31.4 Å². The lowest BCUT2D eigenvalue weighted by atomic mass is 10.1. The van der Waals surface area contributed by atoms with Crippen molar-refractivity contribution < 1.29 is 14.6 Å². The van der Waals surface area contributed by atoms with Crippen LogP contribution in [0.1, 0.15) is 76.9 Å². The first-order chi connectivity index (χ1) is 16.9. The highest BCUT2D eigenvalue weighted by Gasteiger charge is 2.29. The van der Waals surface area contributed by atoms with Gasteiger partial charge in [0.1, 0.15) is 10.6 Å². The van der Waals surface area contributed by atoms with Crippen molar-refractivity contribution in [3.63, 3.8) is 0 Å². The molecule has 3 heterocycles. The first-order valence-corrected chi connectivity index (χ1v) is 14.3. The second-order valence-electron chi connectivity index (χ2n) is 9.38. The number of nitrogens with zero attached hydrogens (tertiary/aromatic N) is 4. The molecule has 0 saturated carbocycles. The predicted octanol–water partition coefficient (Wildman–Crippen LogP) is 4.96. The minimum Gasteiger partial charge on any atom is -0.480 e. The van der Waals surface area contributed by atoms with Gasteiger partial charge in [0.25, 0.3) is 0 Å². The molecule has 3 rings (SSSR count). The van der Waals surface area contributed by atoms with E-state index < -0.39 is 10.7 Å². The number of rotatable bonds is 15. The molecular weight excluding hydrogens is 482 g/mol. The summed E-state index contributed by atoms with van der Waals surface area (Å²) in [5.41, 5.74) is 2.03. The summed E-state index contributed by atoms with van der Waals surface area (Å²) >= 11 is 2.81. The van der Waals surface area contributed by atoms with E-state index in [9.17, 15) is 9.90 Å². The van der Waals surface area contributed by atoms with Gasteiger partial charge < -0.3 is 20.1 Å². The second kappa shape index (κ2) is 14.1. The number of hydrogen-bond acceptors (Lipinski definition) is 9. The minimum absolute atomic E-state index is 0.105. The normalized spacial score (nSPS) is 15.3. The van der Waals surface area contributed by atoms with Crippen molar-refractivity contribution in [1.29, 1.82) is 0 Å². The number of hydrogen-bond donors (Lipinski definition) is 2. The van der Waals surface area contributed by atoms with Crippen LogP contribution in [-0.2, 0) is 16.0 Å². The Bertz CT molecular complexity index is 901. The third kappa shape index (κ3) is 9.00. The van der Waals surface area contributed by atoms with Crippen LogP contribution in [0, 0.1) is 0 Å². The van der Waals surface area contributed by atoms with Crippen LogP contribution in [-0.4, -0.2) is 63.6 Å². The first-order valence-electron chi connectivity index (χ1n) is 12.6. The maximum absolute atomic E-state index is 11.4. The smallest absolute Gasteiger partial charge is 0.319 e. The number of aliphatic carboxylic acids is 1. The molecular formula is C25H39N5O3S2. The number of morpholine rings is 1. The Morgan fingerprint density at radius 2 is 1.94 bits per heavy atom. The molecule has 2 aromatic heterocycles. The highest BCUT2D eigenvalue weighted by Crippen LogP contribution is 2.34.